The van der Waals surface area contributed by atoms with E-state index in [-0.39, 0.29) is 29.3 Å². The maximum absolute atomic E-state index is 14.2. The van der Waals surface area contributed by atoms with Gasteiger partial charge in [-0.1, -0.05) is 55.8 Å². The van der Waals surface area contributed by atoms with E-state index in [0.29, 0.717) is 23.3 Å². The van der Waals surface area contributed by atoms with Gasteiger partial charge in [-0.05, 0) is 86.8 Å². The summed E-state index contributed by atoms with van der Waals surface area (Å²) in [7, 11) is 0. The number of carbonyl (C=O) groups is 2. The van der Waals surface area contributed by atoms with Crippen molar-refractivity contribution in [2.24, 2.45) is 17.3 Å². The number of amides is 2. The van der Waals surface area contributed by atoms with Crippen LogP contribution in [0.15, 0.2) is 36.9 Å². The zero-order chi connectivity index (χ0) is 29.6. The van der Waals surface area contributed by atoms with Crippen molar-refractivity contribution in [1.29, 1.82) is 0 Å². The Balaban J connectivity index is 1.11. The molecule has 2 amide bonds. The quantitative estimate of drug-likeness (QED) is 0.406. The Bertz CT molecular complexity index is 1180. The molecular weight excluding hydrogens is 560 g/mol. The molecule has 1 aromatic carbocycles. The van der Waals surface area contributed by atoms with E-state index < -0.39 is 0 Å². The summed E-state index contributed by atoms with van der Waals surface area (Å²) >= 11 is 6.18. The number of carbonyl (C=O) groups excluding carboxylic acids is 2. The molecule has 0 radical (unpaired) electrons. The van der Waals surface area contributed by atoms with Crippen molar-refractivity contribution >= 4 is 23.4 Å². The maximum Gasteiger partial charge on any atom is 0.240 e. The average Bonchev–Trinajstić information content (AvgIpc) is 3.78. The number of hydrogen-bond acceptors (Lipinski definition) is 5. The molecule has 2 aromatic rings. The van der Waals surface area contributed by atoms with Gasteiger partial charge in [-0.2, -0.15) is 5.10 Å². The van der Waals surface area contributed by atoms with Crippen LogP contribution in [0.25, 0.3) is 0 Å². The summed E-state index contributed by atoms with van der Waals surface area (Å²) in [5.74, 6) is 1.47. The average molecular weight is 609 g/mol. The topological polar surface area (TPSA) is 83.4 Å². The van der Waals surface area contributed by atoms with Crippen LogP contribution in [-0.2, 0) is 22.6 Å². The largest absolute Gasteiger partial charge is 0.342 e. The van der Waals surface area contributed by atoms with Crippen LogP contribution in [0.4, 0.5) is 0 Å². The van der Waals surface area contributed by atoms with E-state index in [1.807, 2.05) is 35.3 Å². The number of likely N-dealkylation sites (tertiary alicyclic amines) is 2. The summed E-state index contributed by atoms with van der Waals surface area (Å²) in [4.78, 5) is 35.7. The Kier molecular flexibility index (Phi) is 10.0. The molecule has 1 N–H and O–H groups in total. The number of aromatic nitrogens is 3. The summed E-state index contributed by atoms with van der Waals surface area (Å²) in [6.07, 6.45) is 18.9. The second-order valence-electron chi connectivity index (χ2n) is 13.7. The Labute approximate surface area is 261 Å². The summed E-state index contributed by atoms with van der Waals surface area (Å²) in [5, 5.41) is 8.96. The first-order valence-corrected chi connectivity index (χ1v) is 17.3. The predicted molar refractivity (Wildman–Crippen MR) is 168 cm³/mol. The number of nitrogens with zero attached hydrogens (tertiary/aromatic N) is 5. The molecule has 0 bridgehead atoms. The van der Waals surface area contributed by atoms with Gasteiger partial charge in [0, 0.05) is 49.7 Å². The van der Waals surface area contributed by atoms with Gasteiger partial charge in [-0.25, -0.2) is 4.98 Å². The second kappa shape index (κ2) is 14.1. The van der Waals surface area contributed by atoms with E-state index in [2.05, 4.69) is 25.2 Å². The molecule has 2 aliphatic heterocycles. The van der Waals surface area contributed by atoms with Gasteiger partial charge < -0.3 is 15.1 Å². The van der Waals surface area contributed by atoms with E-state index >= 15 is 0 Å². The van der Waals surface area contributed by atoms with Gasteiger partial charge in [-0.3, -0.25) is 14.3 Å². The van der Waals surface area contributed by atoms with Crippen LogP contribution in [0.3, 0.4) is 0 Å². The van der Waals surface area contributed by atoms with Gasteiger partial charge >= 0.3 is 0 Å². The smallest absolute Gasteiger partial charge is 0.240 e. The van der Waals surface area contributed by atoms with Crippen molar-refractivity contribution in [1.82, 2.24) is 29.9 Å². The minimum atomic E-state index is -0.291. The molecule has 0 spiro atoms. The SMILES string of the molecule is O=C(C1CCCC1)N1CCC(N[C@H](Cc2ccc(Cl)cc2)C(=O)N2CCC(Cn3cncn3)(C3CCCCC3)CC2)CC1. The van der Waals surface area contributed by atoms with Crippen LogP contribution < -0.4 is 5.32 Å². The minimum absolute atomic E-state index is 0.169. The Morgan fingerprint density at radius 2 is 1.56 bits per heavy atom. The third-order valence-electron chi connectivity index (χ3n) is 11.1. The van der Waals surface area contributed by atoms with E-state index in [4.69, 9.17) is 11.6 Å². The predicted octanol–water partition coefficient (Wildman–Crippen LogP) is 5.50. The van der Waals surface area contributed by atoms with E-state index in [1.54, 1.807) is 6.33 Å². The highest BCUT2D eigenvalue weighted by atomic mass is 35.5. The van der Waals surface area contributed by atoms with E-state index in [9.17, 15) is 9.59 Å². The van der Waals surface area contributed by atoms with Crippen LogP contribution >= 0.6 is 11.6 Å². The highest BCUT2D eigenvalue weighted by Gasteiger charge is 2.44. The first kappa shape index (κ1) is 30.6. The van der Waals surface area contributed by atoms with Gasteiger partial charge in [0.05, 0.1) is 6.04 Å². The molecule has 43 heavy (non-hydrogen) atoms. The van der Waals surface area contributed by atoms with E-state index in [0.717, 1.165) is 76.8 Å². The van der Waals surface area contributed by atoms with Gasteiger partial charge in [-0.15, -0.1) is 0 Å². The number of benzene rings is 1. The van der Waals surface area contributed by atoms with Crippen molar-refractivity contribution in [3.05, 3.63) is 47.5 Å². The fourth-order valence-corrected chi connectivity index (χ4v) is 8.62. The first-order valence-electron chi connectivity index (χ1n) is 16.9. The molecule has 1 atom stereocenters. The molecule has 9 heteroatoms. The molecule has 3 heterocycles. The Hall–Kier alpha value is -2.45. The zero-order valence-electron chi connectivity index (χ0n) is 25.6. The molecule has 234 valence electrons. The van der Waals surface area contributed by atoms with Crippen LogP contribution in [0.1, 0.15) is 89.0 Å². The fraction of sp³-hybridized carbons (Fsp3) is 0.706. The summed E-state index contributed by atoms with van der Waals surface area (Å²) in [5.41, 5.74) is 1.28. The molecule has 8 nitrogen and oxygen atoms in total. The van der Waals surface area contributed by atoms with Crippen molar-refractivity contribution in [2.45, 2.75) is 109 Å². The van der Waals surface area contributed by atoms with Crippen molar-refractivity contribution < 1.29 is 9.59 Å². The van der Waals surface area contributed by atoms with Crippen LogP contribution in [0, 0.1) is 17.3 Å². The lowest BCUT2D eigenvalue weighted by Gasteiger charge is -2.48. The lowest BCUT2D eigenvalue weighted by molar-refractivity contribution is -0.139. The van der Waals surface area contributed by atoms with Gasteiger partial charge in [0.25, 0.3) is 0 Å². The number of rotatable bonds is 9. The van der Waals surface area contributed by atoms with Crippen molar-refractivity contribution in [2.75, 3.05) is 26.2 Å². The summed E-state index contributed by atoms with van der Waals surface area (Å²) in [6.45, 7) is 4.04. The van der Waals surface area contributed by atoms with Gasteiger partial charge in [0.2, 0.25) is 11.8 Å². The molecular formula is C34H49ClN6O2. The van der Waals surface area contributed by atoms with Crippen molar-refractivity contribution in [3.63, 3.8) is 0 Å². The van der Waals surface area contributed by atoms with Crippen LogP contribution in [0.2, 0.25) is 5.02 Å². The number of hydrogen-bond donors (Lipinski definition) is 1. The van der Waals surface area contributed by atoms with Crippen LogP contribution in [0.5, 0.6) is 0 Å². The van der Waals surface area contributed by atoms with Crippen molar-refractivity contribution in [3.8, 4) is 0 Å². The third-order valence-corrected chi connectivity index (χ3v) is 11.3. The fourth-order valence-electron chi connectivity index (χ4n) is 8.50. The lowest BCUT2D eigenvalue weighted by Crippen LogP contribution is -2.56. The number of nitrogens with one attached hydrogen (secondary N) is 1. The van der Waals surface area contributed by atoms with Gasteiger partial charge in [0.15, 0.2) is 0 Å². The minimum Gasteiger partial charge on any atom is -0.342 e. The van der Waals surface area contributed by atoms with Crippen LogP contribution in [-0.4, -0.2) is 74.6 Å². The lowest BCUT2D eigenvalue weighted by atomic mass is 9.63. The van der Waals surface area contributed by atoms with Gasteiger partial charge in [0.1, 0.15) is 12.7 Å². The Morgan fingerprint density at radius 1 is 0.884 bits per heavy atom. The Morgan fingerprint density at radius 3 is 2.21 bits per heavy atom. The normalized spacial score (nSPS) is 23.0. The summed E-state index contributed by atoms with van der Waals surface area (Å²) in [6, 6.07) is 7.84. The molecule has 2 aliphatic carbocycles. The maximum atomic E-state index is 14.2. The zero-order valence-corrected chi connectivity index (χ0v) is 26.4. The third kappa shape index (κ3) is 7.44. The highest BCUT2D eigenvalue weighted by molar-refractivity contribution is 6.30. The summed E-state index contributed by atoms with van der Waals surface area (Å²) < 4.78 is 2.01. The standard InChI is InChI=1S/C34H49ClN6O2/c35-29-12-10-26(11-13-29)22-31(38-30-14-18-39(19-15-30)32(42)27-6-4-5-7-27)33(43)40-20-16-34(17-21-40,23-41-25-36-24-37-41)28-8-2-1-3-9-28/h10-13,24-25,27-28,30-31,38H,1-9,14-23H2/t31-/m1/s1. The molecule has 2 saturated heterocycles. The second-order valence-corrected chi connectivity index (χ2v) is 14.2. The highest BCUT2D eigenvalue weighted by Crippen LogP contribution is 2.47. The number of halogens is 1. The molecule has 0 unspecified atom stereocenters. The molecule has 1 aromatic heterocycles. The molecule has 2 saturated carbocycles. The first-order chi connectivity index (χ1) is 21.0. The molecule has 4 aliphatic rings. The molecule has 4 fully saturated rings. The number of piperidine rings is 2. The molecule has 6 rings (SSSR count). The van der Waals surface area contributed by atoms with E-state index in [1.165, 1.54) is 44.9 Å². The monoisotopic (exact) mass is 608 g/mol.